The maximum atomic E-state index is 13.7. The van der Waals surface area contributed by atoms with E-state index >= 15 is 0 Å². The lowest BCUT2D eigenvalue weighted by Gasteiger charge is -2.47. The largest absolute Gasteiger partial charge is 0.390 e. The van der Waals surface area contributed by atoms with Crippen molar-refractivity contribution in [2.75, 3.05) is 35.0 Å². The maximum absolute atomic E-state index is 13.7. The zero-order chi connectivity index (χ0) is 27.9. The molecular formula is C30H46N4O4S. The highest BCUT2D eigenvalue weighted by Crippen LogP contribution is 2.50. The van der Waals surface area contributed by atoms with E-state index in [0.717, 1.165) is 49.8 Å². The molecule has 4 rings (SSSR count). The van der Waals surface area contributed by atoms with Crippen molar-refractivity contribution in [3.63, 3.8) is 0 Å². The second kappa shape index (κ2) is 13.4. The minimum absolute atomic E-state index is 0.101. The lowest BCUT2D eigenvalue weighted by atomic mass is 9.73. The number of aliphatic hydroxyl groups is 1. The zero-order valence-corrected chi connectivity index (χ0v) is 24.2. The molecule has 2 aliphatic rings. The van der Waals surface area contributed by atoms with Gasteiger partial charge in [-0.25, -0.2) is 0 Å². The number of rotatable bonds is 13. The Morgan fingerprint density at radius 1 is 1.08 bits per heavy atom. The van der Waals surface area contributed by atoms with Gasteiger partial charge in [-0.05, 0) is 75.6 Å². The van der Waals surface area contributed by atoms with Crippen LogP contribution in [0, 0.1) is 0 Å². The quantitative estimate of drug-likeness (QED) is 0.195. The monoisotopic (exact) mass is 558 g/mol. The molecule has 1 heterocycles. The summed E-state index contributed by atoms with van der Waals surface area (Å²) in [7, 11) is -2.93. The van der Waals surface area contributed by atoms with Crippen LogP contribution in [0.25, 0.3) is 0 Å². The number of nitrogens with zero attached hydrogens (tertiary/aromatic N) is 1. The van der Waals surface area contributed by atoms with Crippen LogP contribution in [0.1, 0.15) is 74.7 Å². The fourth-order valence-electron chi connectivity index (χ4n) is 5.76. The molecule has 39 heavy (non-hydrogen) atoms. The van der Waals surface area contributed by atoms with Gasteiger partial charge in [-0.15, -0.1) is 10.8 Å². The highest BCUT2D eigenvalue weighted by Gasteiger charge is 2.36. The highest BCUT2D eigenvalue weighted by molar-refractivity contribution is 8.25. The minimum Gasteiger partial charge on any atom is -0.390 e. The molecule has 2 atom stereocenters. The Kier molecular flexibility index (Phi) is 10.2. The molecule has 2 aromatic carbocycles. The second-order valence-corrected chi connectivity index (χ2v) is 13.2. The van der Waals surface area contributed by atoms with Gasteiger partial charge in [0.2, 0.25) is 0 Å². The predicted octanol–water partition coefficient (Wildman–Crippen LogP) is 5.40. The van der Waals surface area contributed by atoms with Crippen molar-refractivity contribution in [1.29, 1.82) is 0 Å². The van der Waals surface area contributed by atoms with Crippen LogP contribution in [0.5, 0.6) is 0 Å². The summed E-state index contributed by atoms with van der Waals surface area (Å²) in [6, 6.07) is 14.8. The maximum Gasteiger partial charge on any atom is 0.251 e. The molecule has 0 aromatic heterocycles. The van der Waals surface area contributed by atoms with Gasteiger partial charge in [0.05, 0.1) is 23.6 Å². The first kappa shape index (κ1) is 29.7. The van der Waals surface area contributed by atoms with Crippen LogP contribution >= 0.6 is 10.8 Å². The van der Waals surface area contributed by atoms with E-state index in [-0.39, 0.29) is 11.4 Å². The average molecular weight is 559 g/mol. The number of nitrogens with one attached hydrogen (secondary N) is 3. The molecule has 8 nitrogen and oxygen atoms in total. The fourth-order valence-corrected chi connectivity index (χ4v) is 7.44. The number of carbonyl (C=O) groups excluding carboxylic acids is 1. The van der Waals surface area contributed by atoms with E-state index in [9.17, 15) is 19.0 Å². The normalized spacial score (nSPS) is 20.4. The third-order valence-electron chi connectivity index (χ3n) is 8.04. The summed E-state index contributed by atoms with van der Waals surface area (Å²) < 4.78 is 23.1. The average Bonchev–Trinajstić information content (AvgIpc) is 2.90. The molecule has 1 aliphatic heterocycles. The van der Waals surface area contributed by atoms with Gasteiger partial charge >= 0.3 is 0 Å². The molecule has 0 spiro atoms. The first-order valence-electron chi connectivity index (χ1n) is 14.5. The molecule has 2 unspecified atom stereocenters. The van der Waals surface area contributed by atoms with E-state index in [1.807, 2.05) is 43.3 Å². The Hall–Kier alpha value is -2.30. The Morgan fingerprint density at radius 3 is 2.49 bits per heavy atom. The summed E-state index contributed by atoms with van der Waals surface area (Å²) >= 11 is 0. The highest BCUT2D eigenvalue weighted by atomic mass is 32.3. The van der Waals surface area contributed by atoms with Gasteiger partial charge in [0.15, 0.2) is 0 Å². The first-order chi connectivity index (χ1) is 18.7. The van der Waals surface area contributed by atoms with Gasteiger partial charge in [-0.1, -0.05) is 43.7 Å². The summed E-state index contributed by atoms with van der Waals surface area (Å²) in [5.74, 6) is 0.0362. The number of hydrogen-bond donors (Lipinski definition) is 6. The SMILES string of the molecule is CCCC1(NCC(O)C(Cc2ccccc2)NC(=O)c2cc(NCC)cc(N3CCCCS3(O)O)c2)CCC1. The number of benzene rings is 2. The van der Waals surface area contributed by atoms with Crippen LogP contribution in [0.4, 0.5) is 11.4 Å². The topological polar surface area (TPSA) is 117 Å². The van der Waals surface area contributed by atoms with Gasteiger partial charge < -0.3 is 21.1 Å². The molecule has 0 bridgehead atoms. The molecule has 6 N–H and O–H groups in total. The number of carbonyl (C=O) groups is 1. The lowest BCUT2D eigenvalue weighted by molar-refractivity contribution is 0.0746. The Labute approximate surface area is 235 Å². The van der Waals surface area contributed by atoms with Gasteiger partial charge in [0, 0.05) is 36.4 Å². The van der Waals surface area contributed by atoms with Crippen LogP contribution in [-0.2, 0) is 6.42 Å². The molecular weight excluding hydrogens is 512 g/mol. The molecule has 2 fully saturated rings. The number of aliphatic hydroxyl groups excluding tert-OH is 1. The number of hydrogen-bond acceptors (Lipinski definition) is 7. The van der Waals surface area contributed by atoms with Crippen LogP contribution in [0.15, 0.2) is 48.5 Å². The number of β-amino-alcohol motifs (C(OH)–C–C–N with tert-alkyl or cyclic N) is 1. The van der Waals surface area contributed by atoms with E-state index in [1.54, 1.807) is 16.4 Å². The van der Waals surface area contributed by atoms with Crippen molar-refractivity contribution in [2.45, 2.75) is 82.9 Å². The predicted molar refractivity (Wildman–Crippen MR) is 162 cm³/mol. The minimum atomic E-state index is -2.93. The second-order valence-electron chi connectivity index (χ2n) is 11.0. The van der Waals surface area contributed by atoms with E-state index in [0.29, 0.717) is 43.1 Å². The molecule has 1 amide bonds. The van der Waals surface area contributed by atoms with E-state index in [4.69, 9.17) is 0 Å². The molecule has 1 aliphatic carbocycles. The number of amides is 1. The molecule has 2 aromatic rings. The fraction of sp³-hybridized carbons (Fsp3) is 0.567. The molecule has 1 saturated heterocycles. The number of anilines is 2. The van der Waals surface area contributed by atoms with Crippen molar-refractivity contribution in [3.05, 3.63) is 59.7 Å². The van der Waals surface area contributed by atoms with Gasteiger partial charge in [-0.3, -0.25) is 18.2 Å². The Morgan fingerprint density at radius 2 is 1.85 bits per heavy atom. The van der Waals surface area contributed by atoms with E-state index in [1.165, 1.54) is 6.42 Å². The molecule has 1 saturated carbocycles. The van der Waals surface area contributed by atoms with Gasteiger partial charge in [-0.2, -0.15) is 0 Å². The smallest absolute Gasteiger partial charge is 0.251 e. The van der Waals surface area contributed by atoms with Crippen molar-refractivity contribution < 1.29 is 19.0 Å². The summed E-state index contributed by atoms with van der Waals surface area (Å²) in [6.45, 7) is 5.78. The van der Waals surface area contributed by atoms with Crippen molar-refractivity contribution in [1.82, 2.24) is 10.6 Å². The van der Waals surface area contributed by atoms with Crippen LogP contribution in [0.3, 0.4) is 0 Å². The standard InChI is InChI=1S/C30H46N4O4S/c1-3-13-30(14-10-15-30)32-22-28(35)27(18-23-11-6-5-7-12-23)33-29(36)24-19-25(31-4-2)21-26(20-24)34-16-8-9-17-39(34,37)38/h5-7,11-12,19-21,27-28,31-32,35,37-38H,3-4,8-10,13-18,22H2,1-2H3,(H,33,36). The van der Waals surface area contributed by atoms with Crippen LogP contribution in [-0.4, -0.2) is 63.2 Å². The van der Waals surface area contributed by atoms with Crippen molar-refractivity contribution in [3.8, 4) is 0 Å². The Balaban J connectivity index is 1.55. The summed E-state index contributed by atoms with van der Waals surface area (Å²) in [5, 5.41) is 21.3. The van der Waals surface area contributed by atoms with Gasteiger partial charge in [0.25, 0.3) is 5.91 Å². The molecule has 216 valence electrons. The van der Waals surface area contributed by atoms with E-state index < -0.39 is 22.9 Å². The van der Waals surface area contributed by atoms with Gasteiger partial charge in [0.1, 0.15) is 0 Å². The molecule has 0 radical (unpaired) electrons. The first-order valence-corrected chi connectivity index (χ1v) is 16.1. The van der Waals surface area contributed by atoms with Crippen molar-refractivity contribution in [2.24, 2.45) is 0 Å². The molecule has 9 heteroatoms. The third kappa shape index (κ3) is 7.67. The third-order valence-corrected chi connectivity index (χ3v) is 9.97. The van der Waals surface area contributed by atoms with Crippen molar-refractivity contribution >= 4 is 28.1 Å². The summed E-state index contributed by atoms with van der Waals surface area (Å²) in [5.41, 5.74) is 2.92. The summed E-state index contributed by atoms with van der Waals surface area (Å²) in [6.07, 6.45) is 7.01. The van der Waals surface area contributed by atoms with Crippen LogP contribution in [0.2, 0.25) is 0 Å². The summed E-state index contributed by atoms with van der Waals surface area (Å²) in [4.78, 5) is 13.7. The zero-order valence-electron chi connectivity index (χ0n) is 23.4. The lowest BCUT2D eigenvalue weighted by Crippen LogP contribution is -2.56. The van der Waals surface area contributed by atoms with Crippen LogP contribution < -0.4 is 20.3 Å². The van der Waals surface area contributed by atoms with E-state index in [2.05, 4.69) is 22.9 Å². The Bertz CT molecular complexity index is 1080.